The van der Waals surface area contributed by atoms with E-state index >= 15 is 4.39 Å². The van der Waals surface area contributed by atoms with Gasteiger partial charge in [-0.15, -0.1) is 0 Å². The summed E-state index contributed by atoms with van der Waals surface area (Å²) in [6.45, 7) is 0. The Bertz CT molecular complexity index is 1850. The Morgan fingerprint density at radius 2 is 1.79 bits per heavy atom. The van der Waals surface area contributed by atoms with Gasteiger partial charge in [0.2, 0.25) is 0 Å². The van der Waals surface area contributed by atoms with E-state index in [2.05, 4.69) is 15.3 Å². The van der Waals surface area contributed by atoms with Crippen LogP contribution in [0.25, 0.3) is 22.6 Å². The molecule has 0 aliphatic carbocycles. The largest absolute Gasteiger partial charge is 0.496 e. The standard InChI is InChI=1S/C31H23F2N5O4/c1-41-26-12-17-38(22-5-2-20(32)3-6-22)31(40)28(26)30(39)37-21-4-7-25(24(33)18-21)42-27(8-13-34)29-23(11-16-36-29)19-9-14-35-15-10-19/h2-18,34,36H,1H3,(H,37,39)/b27-8+,34-13?. The number of H-pyrrole nitrogens is 1. The monoisotopic (exact) mass is 567 g/mol. The minimum atomic E-state index is -0.834. The molecule has 5 aromatic rings. The topological polar surface area (TPSA) is 122 Å². The quantitative estimate of drug-likeness (QED) is 0.153. The van der Waals surface area contributed by atoms with Crippen molar-refractivity contribution in [2.24, 2.45) is 0 Å². The average molecular weight is 568 g/mol. The van der Waals surface area contributed by atoms with E-state index < -0.39 is 23.1 Å². The zero-order valence-corrected chi connectivity index (χ0v) is 22.1. The third-order valence-corrected chi connectivity index (χ3v) is 6.23. The molecule has 210 valence electrons. The van der Waals surface area contributed by atoms with Crippen LogP contribution in [0, 0.1) is 17.0 Å². The van der Waals surface area contributed by atoms with Gasteiger partial charge in [0.25, 0.3) is 11.5 Å². The van der Waals surface area contributed by atoms with Crippen LogP contribution >= 0.6 is 0 Å². The molecular weight excluding hydrogens is 544 g/mol. The molecule has 0 saturated heterocycles. The zero-order chi connectivity index (χ0) is 29.6. The van der Waals surface area contributed by atoms with Gasteiger partial charge < -0.3 is 25.2 Å². The average Bonchev–Trinajstić information content (AvgIpc) is 3.49. The Morgan fingerprint density at radius 3 is 2.48 bits per heavy atom. The van der Waals surface area contributed by atoms with E-state index in [0.29, 0.717) is 11.4 Å². The van der Waals surface area contributed by atoms with Gasteiger partial charge in [-0.2, -0.15) is 0 Å². The fourth-order valence-corrected chi connectivity index (χ4v) is 4.27. The van der Waals surface area contributed by atoms with Crippen molar-refractivity contribution in [3.05, 3.63) is 131 Å². The van der Waals surface area contributed by atoms with E-state index in [1.807, 2.05) is 18.2 Å². The molecule has 0 unspecified atom stereocenters. The molecular formula is C31H23F2N5O4. The third-order valence-electron chi connectivity index (χ3n) is 6.23. The van der Waals surface area contributed by atoms with E-state index in [-0.39, 0.29) is 28.5 Å². The Labute approximate surface area is 238 Å². The lowest BCUT2D eigenvalue weighted by Gasteiger charge is -2.14. The smallest absolute Gasteiger partial charge is 0.271 e. The molecule has 42 heavy (non-hydrogen) atoms. The number of hydrogen-bond donors (Lipinski definition) is 3. The second-order valence-electron chi connectivity index (χ2n) is 8.81. The van der Waals surface area contributed by atoms with E-state index in [1.54, 1.807) is 18.6 Å². The van der Waals surface area contributed by atoms with Crippen LogP contribution in [0.2, 0.25) is 0 Å². The zero-order valence-electron chi connectivity index (χ0n) is 22.1. The molecule has 3 aromatic heterocycles. The molecule has 3 heterocycles. The summed E-state index contributed by atoms with van der Waals surface area (Å²) < 4.78 is 40.8. The first-order valence-electron chi connectivity index (χ1n) is 12.5. The van der Waals surface area contributed by atoms with Crippen molar-refractivity contribution in [3.63, 3.8) is 0 Å². The number of nitrogens with one attached hydrogen (secondary N) is 3. The Balaban J connectivity index is 1.40. The van der Waals surface area contributed by atoms with E-state index in [1.165, 1.54) is 66.4 Å². The number of rotatable bonds is 9. The summed E-state index contributed by atoms with van der Waals surface area (Å²) in [5.41, 5.74) is 1.49. The van der Waals surface area contributed by atoms with Gasteiger partial charge in [-0.1, -0.05) is 0 Å². The van der Waals surface area contributed by atoms with Crippen LogP contribution in [0.15, 0.2) is 102 Å². The van der Waals surface area contributed by atoms with Gasteiger partial charge in [-0.25, -0.2) is 8.78 Å². The summed E-state index contributed by atoms with van der Waals surface area (Å²) in [7, 11) is 1.31. The molecule has 5 rings (SSSR count). The molecule has 0 fully saturated rings. The second kappa shape index (κ2) is 12.1. The summed E-state index contributed by atoms with van der Waals surface area (Å²) in [4.78, 5) is 33.5. The number of anilines is 1. The first kappa shape index (κ1) is 27.7. The highest BCUT2D eigenvalue weighted by molar-refractivity contribution is 6.06. The number of nitrogens with zero attached hydrogens (tertiary/aromatic N) is 2. The first-order chi connectivity index (χ1) is 20.4. The molecule has 0 saturated carbocycles. The van der Waals surface area contributed by atoms with E-state index in [4.69, 9.17) is 14.9 Å². The molecule has 0 aliphatic heterocycles. The van der Waals surface area contributed by atoms with E-state index in [0.717, 1.165) is 23.4 Å². The maximum atomic E-state index is 15.2. The molecule has 0 radical (unpaired) electrons. The number of ether oxygens (including phenoxy) is 2. The fourth-order valence-electron chi connectivity index (χ4n) is 4.27. The molecule has 0 bridgehead atoms. The molecule has 0 aliphatic rings. The Hall–Kier alpha value is -5.84. The van der Waals surface area contributed by atoms with Crippen molar-refractivity contribution in [2.45, 2.75) is 0 Å². The summed E-state index contributed by atoms with van der Waals surface area (Å²) in [6.07, 6.45) is 8.78. The van der Waals surface area contributed by atoms with Crippen molar-refractivity contribution in [1.82, 2.24) is 14.5 Å². The number of aromatic amines is 1. The fraction of sp³-hybridized carbons (Fsp3) is 0.0323. The maximum Gasteiger partial charge on any atom is 0.271 e. The Morgan fingerprint density at radius 1 is 1.02 bits per heavy atom. The minimum Gasteiger partial charge on any atom is -0.496 e. The van der Waals surface area contributed by atoms with Crippen LogP contribution in [0.1, 0.15) is 16.1 Å². The summed E-state index contributed by atoms with van der Waals surface area (Å²) in [5.74, 6) is -2.08. The van der Waals surface area contributed by atoms with Crippen LogP contribution in [0.3, 0.4) is 0 Å². The second-order valence-corrected chi connectivity index (χ2v) is 8.81. The highest BCUT2D eigenvalue weighted by Gasteiger charge is 2.21. The SMILES string of the molecule is COc1ccn(-c2ccc(F)cc2)c(=O)c1C(=O)Nc1ccc(O/C(=C/C=N)c2[nH]ccc2-c2ccncc2)c(F)c1. The van der Waals surface area contributed by atoms with Crippen molar-refractivity contribution in [1.29, 1.82) is 5.41 Å². The van der Waals surface area contributed by atoms with Crippen molar-refractivity contribution >= 4 is 23.6 Å². The lowest BCUT2D eigenvalue weighted by molar-refractivity contribution is 0.102. The van der Waals surface area contributed by atoms with Crippen molar-refractivity contribution in [2.75, 3.05) is 12.4 Å². The summed E-state index contributed by atoms with van der Waals surface area (Å²) in [6, 6.07) is 15.8. The predicted molar refractivity (Wildman–Crippen MR) is 154 cm³/mol. The number of benzene rings is 2. The van der Waals surface area contributed by atoms with Crippen LogP contribution in [0.5, 0.6) is 11.5 Å². The lowest BCUT2D eigenvalue weighted by atomic mass is 10.1. The number of pyridine rings is 2. The van der Waals surface area contributed by atoms with Gasteiger partial charge >= 0.3 is 0 Å². The van der Waals surface area contributed by atoms with Crippen LogP contribution in [0.4, 0.5) is 14.5 Å². The Kier molecular flexibility index (Phi) is 8.00. The normalized spacial score (nSPS) is 11.2. The molecule has 1 amide bonds. The van der Waals surface area contributed by atoms with Crippen LogP contribution < -0.4 is 20.3 Å². The van der Waals surface area contributed by atoms with Crippen molar-refractivity contribution < 1.29 is 23.0 Å². The third kappa shape index (κ3) is 5.70. The van der Waals surface area contributed by atoms with Gasteiger partial charge in [0.15, 0.2) is 17.3 Å². The van der Waals surface area contributed by atoms with Crippen LogP contribution in [-0.2, 0) is 0 Å². The number of hydrogen-bond acceptors (Lipinski definition) is 6. The number of carbonyl (C=O) groups is 1. The number of methoxy groups -OCH3 is 1. The number of carbonyl (C=O) groups excluding carboxylic acids is 1. The number of aromatic nitrogens is 3. The molecule has 9 nitrogen and oxygen atoms in total. The van der Waals surface area contributed by atoms with Crippen molar-refractivity contribution in [3.8, 4) is 28.3 Å². The maximum absolute atomic E-state index is 15.2. The number of halogens is 2. The number of allylic oxidation sites excluding steroid dienone is 1. The number of amides is 1. The van der Waals surface area contributed by atoms with E-state index in [9.17, 15) is 14.0 Å². The van der Waals surface area contributed by atoms with Gasteiger partial charge in [0, 0.05) is 60.1 Å². The van der Waals surface area contributed by atoms with Gasteiger partial charge in [-0.3, -0.25) is 19.1 Å². The van der Waals surface area contributed by atoms with Gasteiger partial charge in [0.05, 0.1) is 12.8 Å². The molecule has 11 heteroatoms. The highest BCUT2D eigenvalue weighted by Crippen LogP contribution is 2.31. The molecule has 0 spiro atoms. The van der Waals surface area contributed by atoms with Gasteiger partial charge in [-0.05, 0) is 66.2 Å². The first-order valence-corrected chi connectivity index (χ1v) is 12.5. The summed E-state index contributed by atoms with van der Waals surface area (Å²) in [5, 5.41) is 10.1. The predicted octanol–water partition coefficient (Wildman–Crippen LogP) is 5.84. The minimum absolute atomic E-state index is 0.00802. The molecule has 2 aromatic carbocycles. The lowest BCUT2D eigenvalue weighted by Crippen LogP contribution is -2.29. The molecule has 0 atom stereocenters. The molecule has 3 N–H and O–H groups in total. The summed E-state index contributed by atoms with van der Waals surface area (Å²) >= 11 is 0. The van der Waals surface area contributed by atoms with Crippen LogP contribution in [-0.4, -0.2) is 33.8 Å². The highest BCUT2D eigenvalue weighted by atomic mass is 19.1. The van der Waals surface area contributed by atoms with Gasteiger partial charge in [0.1, 0.15) is 17.1 Å².